The summed E-state index contributed by atoms with van der Waals surface area (Å²) < 4.78 is 24.9. The molecule has 0 saturated heterocycles. The fourth-order valence-electron chi connectivity index (χ4n) is 2.39. The van der Waals surface area contributed by atoms with Gasteiger partial charge in [-0.2, -0.15) is 9.98 Å². The van der Waals surface area contributed by atoms with Gasteiger partial charge in [0.25, 0.3) is 0 Å². The highest BCUT2D eigenvalue weighted by atomic mass is 32.2. The number of thiazole rings is 1. The van der Waals surface area contributed by atoms with Crippen molar-refractivity contribution in [2.45, 2.75) is 32.9 Å². The maximum atomic E-state index is 11.4. The first-order valence-corrected chi connectivity index (χ1v) is 10.9. The number of aromatic nitrogens is 1. The van der Waals surface area contributed by atoms with Crippen LogP contribution in [0.2, 0.25) is 0 Å². The number of aliphatic hydroxyl groups is 1. The Bertz CT molecular complexity index is 886. The lowest BCUT2D eigenvalue weighted by molar-refractivity contribution is 0.162. The van der Waals surface area contributed by atoms with E-state index in [0.29, 0.717) is 16.4 Å². The molecule has 7 nitrogen and oxygen atoms in total. The van der Waals surface area contributed by atoms with Gasteiger partial charge in [0.2, 0.25) is 10.0 Å². The quantitative estimate of drug-likeness (QED) is 0.667. The number of rotatable bonds is 8. The maximum Gasteiger partial charge on any atom is 0.211 e. The molecule has 1 atom stereocenters. The zero-order chi connectivity index (χ0) is 19.3. The lowest BCUT2D eigenvalue weighted by Gasteiger charge is -2.22. The molecule has 1 unspecified atom stereocenters. The third-order valence-corrected chi connectivity index (χ3v) is 5.34. The van der Waals surface area contributed by atoms with E-state index in [2.05, 4.69) is 22.7 Å². The molecule has 0 aliphatic heterocycles. The number of hydrogen-bond donors (Lipinski definition) is 2. The Morgan fingerprint density at radius 2 is 2.04 bits per heavy atom. The highest BCUT2D eigenvalue weighted by Crippen LogP contribution is 2.33. The van der Waals surface area contributed by atoms with Crippen molar-refractivity contribution in [2.75, 3.05) is 17.7 Å². The summed E-state index contributed by atoms with van der Waals surface area (Å²) in [4.78, 5) is 7.22. The van der Waals surface area contributed by atoms with Gasteiger partial charge < -0.3 is 10.0 Å². The summed E-state index contributed by atoms with van der Waals surface area (Å²) in [5.41, 5.74) is 1.77. The summed E-state index contributed by atoms with van der Waals surface area (Å²) in [7, 11) is -3.55. The van der Waals surface area contributed by atoms with Gasteiger partial charge in [-0.15, -0.1) is 11.3 Å². The van der Waals surface area contributed by atoms with Crippen LogP contribution in [0.4, 0.5) is 10.8 Å². The van der Waals surface area contributed by atoms with Crippen molar-refractivity contribution in [3.63, 3.8) is 0 Å². The average molecular weight is 395 g/mol. The van der Waals surface area contributed by atoms with Crippen LogP contribution in [0.1, 0.15) is 42.1 Å². The van der Waals surface area contributed by atoms with Gasteiger partial charge in [0.1, 0.15) is 5.69 Å². The van der Waals surface area contributed by atoms with E-state index in [-0.39, 0.29) is 0 Å². The fourth-order valence-corrected chi connectivity index (χ4v) is 3.89. The Morgan fingerprint density at radius 3 is 2.58 bits per heavy atom. The lowest BCUT2D eigenvalue weighted by Crippen LogP contribution is -2.28. The van der Waals surface area contributed by atoms with E-state index in [1.54, 1.807) is 19.1 Å². The maximum absolute atomic E-state index is 11.4. The van der Waals surface area contributed by atoms with Crippen LogP contribution in [-0.4, -0.2) is 31.3 Å². The monoisotopic (exact) mass is 394 g/mol. The first-order valence-electron chi connectivity index (χ1n) is 8.15. The van der Waals surface area contributed by atoms with Crippen LogP contribution in [0.3, 0.4) is 0 Å². The van der Waals surface area contributed by atoms with Gasteiger partial charge >= 0.3 is 0 Å². The third kappa shape index (κ3) is 5.25. The molecule has 1 aromatic carbocycles. The van der Waals surface area contributed by atoms with Crippen molar-refractivity contribution < 1.29 is 13.5 Å². The highest BCUT2D eigenvalue weighted by Gasteiger charge is 2.22. The molecule has 0 amide bonds. The van der Waals surface area contributed by atoms with Gasteiger partial charge in [-0.1, -0.05) is 13.3 Å². The summed E-state index contributed by atoms with van der Waals surface area (Å²) in [6, 6.07) is 9.30. The smallest absolute Gasteiger partial charge is 0.211 e. The van der Waals surface area contributed by atoms with E-state index in [0.717, 1.165) is 36.2 Å². The molecular weight excluding hydrogens is 372 g/mol. The fraction of sp³-hybridized carbons (Fsp3) is 0.412. The Hall–Kier alpha value is -1.99. The molecule has 2 aromatic rings. The first-order chi connectivity index (χ1) is 12.2. The molecule has 0 spiro atoms. The molecule has 2 rings (SSSR count). The number of anilines is 2. The zero-order valence-electron chi connectivity index (χ0n) is 14.9. The van der Waals surface area contributed by atoms with Crippen molar-refractivity contribution in [1.29, 1.82) is 5.26 Å². The number of sulfonamides is 1. The Labute approximate surface area is 158 Å². The van der Waals surface area contributed by atoms with E-state index < -0.39 is 16.3 Å². The molecule has 1 heterocycles. The standard InChI is InChI=1S/C17H22N4O3S2/c1-4-5-10-21(14-8-6-13(11-18)7-9-14)17-19-15(12(2)25-17)16(22)20-26(3,23)24/h6-9,16,20,22H,4-5,10H2,1-3H3. The van der Waals surface area contributed by atoms with Gasteiger partial charge in [0.05, 0.1) is 17.9 Å². The predicted molar refractivity (Wildman–Crippen MR) is 103 cm³/mol. The van der Waals surface area contributed by atoms with Crippen molar-refractivity contribution in [1.82, 2.24) is 9.71 Å². The predicted octanol–water partition coefficient (Wildman–Crippen LogP) is 2.80. The number of aryl methyl sites for hydroxylation is 1. The normalized spacial score (nSPS) is 12.6. The number of nitrogens with one attached hydrogen (secondary N) is 1. The van der Waals surface area contributed by atoms with Crippen LogP contribution in [-0.2, 0) is 10.0 Å². The number of aliphatic hydroxyl groups excluding tert-OH is 1. The molecule has 140 valence electrons. The van der Waals surface area contributed by atoms with Crippen molar-refractivity contribution in [3.8, 4) is 6.07 Å². The minimum atomic E-state index is -3.55. The largest absolute Gasteiger partial charge is 0.372 e. The molecule has 2 N–H and O–H groups in total. The average Bonchev–Trinajstić information content (AvgIpc) is 2.96. The topological polar surface area (TPSA) is 106 Å². The first kappa shape index (κ1) is 20.3. The highest BCUT2D eigenvalue weighted by molar-refractivity contribution is 7.88. The molecule has 0 aliphatic rings. The minimum absolute atomic E-state index is 0.297. The number of hydrogen-bond acceptors (Lipinski definition) is 7. The van der Waals surface area contributed by atoms with Crippen LogP contribution in [0, 0.1) is 18.3 Å². The van der Waals surface area contributed by atoms with Crippen LogP contribution in [0.15, 0.2) is 24.3 Å². The third-order valence-electron chi connectivity index (χ3n) is 3.68. The van der Waals surface area contributed by atoms with E-state index in [1.807, 2.05) is 17.0 Å². The summed E-state index contributed by atoms with van der Waals surface area (Å²) in [5.74, 6) is 0. The molecular formula is C17H22N4O3S2. The van der Waals surface area contributed by atoms with Gasteiger partial charge in [0.15, 0.2) is 11.4 Å². The second-order valence-electron chi connectivity index (χ2n) is 5.89. The van der Waals surface area contributed by atoms with Crippen LogP contribution < -0.4 is 9.62 Å². The number of benzene rings is 1. The van der Waals surface area contributed by atoms with Crippen molar-refractivity contribution in [3.05, 3.63) is 40.4 Å². The summed E-state index contributed by atoms with van der Waals surface area (Å²) in [6.07, 6.45) is 1.55. The summed E-state index contributed by atoms with van der Waals surface area (Å²) in [6.45, 7) is 4.61. The van der Waals surface area contributed by atoms with E-state index >= 15 is 0 Å². The second-order valence-corrected chi connectivity index (χ2v) is 8.86. The van der Waals surface area contributed by atoms with Gasteiger partial charge in [-0.3, -0.25) is 0 Å². The Kier molecular flexibility index (Phi) is 6.72. The van der Waals surface area contributed by atoms with Gasteiger partial charge in [-0.25, -0.2) is 13.4 Å². The van der Waals surface area contributed by atoms with Gasteiger partial charge in [-0.05, 0) is 37.6 Å². The zero-order valence-corrected chi connectivity index (χ0v) is 16.6. The number of unbranched alkanes of at least 4 members (excludes halogenated alkanes) is 1. The second kappa shape index (κ2) is 8.60. The van der Waals surface area contributed by atoms with Crippen LogP contribution in [0.25, 0.3) is 0 Å². The van der Waals surface area contributed by atoms with Crippen molar-refractivity contribution in [2.24, 2.45) is 0 Å². The summed E-state index contributed by atoms with van der Waals surface area (Å²) >= 11 is 1.39. The minimum Gasteiger partial charge on any atom is -0.372 e. The van der Waals surface area contributed by atoms with E-state index in [1.165, 1.54) is 11.3 Å². The van der Waals surface area contributed by atoms with E-state index in [4.69, 9.17) is 5.26 Å². The molecule has 0 aliphatic carbocycles. The molecule has 0 bridgehead atoms. The number of nitriles is 1. The lowest BCUT2D eigenvalue weighted by atomic mass is 10.2. The molecule has 26 heavy (non-hydrogen) atoms. The van der Waals surface area contributed by atoms with Crippen molar-refractivity contribution >= 4 is 32.2 Å². The molecule has 0 fully saturated rings. The Balaban J connectivity index is 2.36. The van der Waals surface area contributed by atoms with Crippen LogP contribution >= 0.6 is 11.3 Å². The SMILES string of the molecule is CCCCN(c1ccc(C#N)cc1)c1nc(C(O)NS(C)(=O)=O)c(C)s1. The molecule has 0 saturated carbocycles. The number of nitrogens with zero attached hydrogens (tertiary/aromatic N) is 3. The molecule has 0 radical (unpaired) electrons. The molecule has 1 aromatic heterocycles. The van der Waals surface area contributed by atoms with Crippen LogP contribution in [0.5, 0.6) is 0 Å². The van der Waals surface area contributed by atoms with Gasteiger partial charge in [0, 0.05) is 17.1 Å². The Morgan fingerprint density at radius 1 is 1.38 bits per heavy atom. The van der Waals surface area contributed by atoms with E-state index in [9.17, 15) is 13.5 Å². The summed E-state index contributed by atoms with van der Waals surface area (Å²) in [5, 5.41) is 19.8. The molecule has 9 heteroatoms.